The van der Waals surface area contributed by atoms with Gasteiger partial charge >= 0.3 is 0 Å². The van der Waals surface area contributed by atoms with Gasteiger partial charge in [-0.15, -0.1) is 11.3 Å². The number of sulfonamides is 1. The lowest BCUT2D eigenvalue weighted by atomic mass is 9.98. The summed E-state index contributed by atoms with van der Waals surface area (Å²) < 4.78 is 34.7. The van der Waals surface area contributed by atoms with Crippen molar-refractivity contribution >= 4 is 27.0 Å². The fourth-order valence-electron chi connectivity index (χ4n) is 3.45. The van der Waals surface area contributed by atoms with E-state index < -0.39 is 10.0 Å². The number of rotatable bonds is 9. The summed E-state index contributed by atoms with van der Waals surface area (Å²) in [6, 6.07) is 15.5. The first kappa shape index (κ1) is 25.9. The maximum Gasteiger partial charge on any atom is 0.271 e. The van der Waals surface area contributed by atoms with Gasteiger partial charge in [0.05, 0.1) is 12.8 Å². The van der Waals surface area contributed by atoms with Gasteiger partial charge in [-0.25, -0.2) is 8.42 Å². The quantitative estimate of drug-likeness (QED) is 0.351. The first-order valence-corrected chi connectivity index (χ1v) is 13.6. The molecular formula is C26H35NO3S2. The van der Waals surface area contributed by atoms with E-state index in [2.05, 4.69) is 18.6 Å². The van der Waals surface area contributed by atoms with Gasteiger partial charge in [0.2, 0.25) is 0 Å². The molecule has 0 saturated heterocycles. The summed E-state index contributed by atoms with van der Waals surface area (Å²) in [5, 5.41) is 0. The molecule has 3 aromatic rings. The van der Waals surface area contributed by atoms with Crippen LogP contribution in [0, 0.1) is 6.92 Å². The Bertz CT molecular complexity index is 1100. The molecule has 1 heterocycles. The molecule has 0 aliphatic rings. The molecule has 32 heavy (non-hydrogen) atoms. The summed E-state index contributed by atoms with van der Waals surface area (Å²) in [4.78, 5) is 0.923. The van der Waals surface area contributed by atoms with E-state index in [1.807, 2.05) is 63.2 Å². The minimum atomic E-state index is -3.71. The van der Waals surface area contributed by atoms with Gasteiger partial charge in [-0.05, 0) is 60.7 Å². The molecule has 1 aromatic heterocycles. The van der Waals surface area contributed by atoms with Crippen LogP contribution in [-0.2, 0) is 22.9 Å². The zero-order valence-electron chi connectivity index (χ0n) is 20.0. The molecule has 0 aliphatic carbocycles. The van der Waals surface area contributed by atoms with Crippen molar-refractivity contribution in [2.75, 3.05) is 11.8 Å². The summed E-state index contributed by atoms with van der Waals surface area (Å²) in [6.07, 6.45) is 3.89. The highest BCUT2D eigenvalue weighted by Crippen LogP contribution is 2.35. The molecule has 0 saturated carbocycles. The SMILES string of the molecule is CC.CCCc1cc(NS(=O)(=O)c2ccc(-c3ccc(C)cc3)s2)c(OC)cc1CCC. The van der Waals surface area contributed by atoms with Gasteiger partial charge in [0, 0.05) is 4.88 Å². The van der Waals surface area contributed by atoms with Crippen LogP contribution in [0.1, 0.15) is 57.2 Å². The van der Waals surface area contributed by atoms with Crippen LogP contribution in [0.5, 0.6) is 5.75 Å². The Labute approximate surface area is 197 Å². The zero-order valence-corrected chi connectivity index (χ0v) is 21.6. The molecule has 3 rings (SSSR count). The number of ether oxygens (including phenoxy) is 1. The molecule has 4 nitrogen and oxygen atoms in total. The number of thiophene rings is 1. The predicted molar refractivity (Wildman–Crippen MR) is 138 cm³/mol. The Morgan fingerprint density at radius 3 is 2.06 bits per heavy atom. The molecule has 0 fully saturated rings. The van der Waals surface area contributed by atoms with E-state index in [0.29, 0.717) is 11.4 Å². The van der Waals surface area contributed by atoms with Crippen LogP contribution < -0.4 is 9.46 Å². The van der Waals surface area contributed by atoms with Gasteiger partial charge in [0.1, 0.15) is 9.96 Å². The van der Waals surface area contributed by atoms with Crippen LogP contribution in [0.3, 0.4) is 0 Å². The van der Waals surface area contributed by atoms with Crippen LogP contribution in [0.25, 0.3) is 10.4 Å². The second-order valence-corrected chi connectivity index (χ2v) is 10.4. The summed E-state index contributed by atoms with van der Waals surface area (Å²) in [5.74, 6) is 0.553. The van der Waals surface area contributed by atoms with Crippen molar-refractivity contribution in [1.29, 1.82) is 0 Å². The molecule has 2 aromatic carbocycles. The fraction of sp³-hybridized carbons (Fsp3) is 0.385. The molecule has 0 atom stereocenters. The molecule has 0 amide bonds. The third kappa shape index (κ3) is 6.36. The van der Waals surface area contributed by atoms with E-state index >= 15 is 0 Å². The minimum absolute atomic E-state index is 0.287. The van der Waals surface area contributed by atoms with Gasteiger partial charge < -0.3 is 4.74 Å². The van der Waals surface area contributed by atoms with E-state index in [9.17, 15) is 8.42 Å². The highest BCUT2D eigenvalue weighted by molar-refractivity contribution is 7.94. The number of nitrogens with one attached hydrogen (secondary N) is 1. The number of hydrogen-bond acceptors (Lipinski definition) is 4. The van der Waals surface area contributed by atoms with Crippen molar-refractivity contribution in [2.45, 2.75) is 64.5 Å². The number of benzene rings is 2. The first-order chi connectivity index (χ1) is 15.4. The van der Waals surface area contributed by atoms with Crippen molar-refractivity contribution in [3.63, 3.8) is 0 Å². The topological polar surface area (TPSA) is 55.4 Å². The monoisotopic (exact) mass is 473 g/mol. The number of hydrogen-bond donors (Lipinski definition) is 1. The van der Waals surface area contributed by atoms with Crippen LogP contribution in [0.4, 0.5) is 5.69 Å². The maximum absolute atomic E-state index is 13.1. The summed E-state index contributed by atoms with van der Waals surface area (Å²) >= 11 is 1.27. The van der Waals surface area contributed by atoms with Crippen LogP contribution >= 0.6 is 11.3 Å². The largest absolute Gasteiger partial charge is 0.495 e. The number of methoxy groups -OCH3 is 1. The van der Waals surface area contributed by atoms with E-state index in [1.165, 1.54) is 28.0 Å². The highest BCUT2D eigenvalue weighted by atomic mass is 32.2. The third-order valence-electron chi connectivity index (χ3n) is 4.99. The molecular weight excluding hydrogens is 438 g/mol. The summed E-state index contributed by atoms with van der Waals surface area (Å²) in [6.45, 7) is 10.3. The maximum atomic E-state index is 13.1. The van der Waals surface area contributed by atoms with Gasteiger partial charge in [-0.1, -0.05) is 70.4 Å². The van der Waals surface area contributed by atoms with Gasteiger partial charge in [-0.2, -0.15) is 0 Å². The van der Waals surface area contributed by atoms with Crippen LogP contribution in [-0.4, -0.2) is 15.5 Å². The van der Waals surface area contributed by atoms with E-state index in [4.69, 9.17) is 4.74 Å². The number of aryl methyl sites for hydroxylation is 3. The normalized spacial score (nSPS) is 10.9. The van der Waals surface area contributed by atoms with Gasteiger partial charge in [0.15, 0.2) is 0 Å². The molecule has 0 spiro atoms. The van der Waals surface area contributed by atoms with Crippen LogP contribution in [0.2, 0.25) is 0 Å². The second-order valence-electron chi connectivity index (χ2n) is 7.41. The molecule has 0 radical (unpaired) electrons. The van der Waals surface area contributed by atoms with Crippen molar-refractivity contribution in [3.8, 4) is 16.2 Å². The average molecular weight is 474 g/mol. The Hall–Kier alpha value is -2.31. The first-order valence-electron chi connectivity index (χ1n) is 11.3. The van der Waals surface area contributed by atoms with Crippen LogP contribution in [0.15, 0.2) is 52.7 Å². The fourth-order valence-corrected chi connectivity index (χ4v) is 5.82. The molecule has 6 heteroatoms. The van der Waals surface area contributed by atoms with Crippen molar-refractivity contribution in [2.24, 2.45) is 0 Å². The highest BCUT2D eigenvalue weighted by Gasteiger charge is 2.20. The third-order valence-corrected chi connectivity index (χ3v) is 7.98. The van der Waals surface area contributed by atoms with Crippen molar-refractivity contribution < 1.29 is 13.2 Å². The van der Waals surface area contributed by atoms with Gasteiger partial charge in [0.25, 0.3) is 10.0 Å². The summed E-state index contributed by atoms with van der Waals surface area (Å²) in [7, 11) is -2.14. The Morgan fingerprint density at radius 2 is 1.50 bits per heavy atom. The van der Waals surface area contributed by atoms with E-state index in [-0.39, 0.29) is 4.21 Å². The van der Waals surface area contributed by atoms with E-state index in [0.717, 1.165) is 36.1 Å². The lowest BCUT2D eigenvalue weighted by Crippen LogP contribution is -2.13. The minimum Gasteiger partial charge on any atom is -0.495 e. The van der Waals surface area contributed by atoms with E-state index in [1.54, 1.807) is 13.2 Å². The lowest BCUT2D eigenvalue weighted by molar-refractivity contribution is 0.416. The Kier molecular flexibility index (Phi) is 9.79. The smallest absolute Gasteiger partial charge is 0.271 e. The Balaban J connectivity index is 0.00000176. The molecule has 0 bridgehead atoms. The number of anilines is 1. The van der Waals surface area contributed by atoms with Crippen molar-refractivity contribution in [3.05, 3.63) is 65.2 Å². The predicted octanol–water partition coefficient (Wildman–Crippen LogP) is 7.46. The second kappa shape index (κ2) is 12.1. The zero-order chi connectivity index (χ0) is 23.7. The molecule has 0 aliphatic heterocycles. The van der Waals surface area contributed by atoms with Gasteiger partial charge in [-0.3, -0.25) is 4.72 Å². The van der Waals surface area contributed by atoms with Crippen molar-refractivity contribution in [1.82, 2.24) is 0 Å². The summed E-state index contributed by atoms with van der Waals surface area (Å²) in [5.41, 5.74) is 5.07. The standard InChI is InChI=1S/C24H29NO3S2.C2H6/c1-5-7-19-15-21(22(28-4)16-20(19)8-6-2)25-30(26,27)24-14-13-23(29-24)18-11-9-17(3)10-12-18;1-2/h9-16,25H,5-8H2,1-4H3;1-2H3. The lowest BCUT2D eigenvalue weighted by Gasteiger charge is -2.16. The molecule has 1 N–H and O–H groups in total. The molecule has 174 valence electrons. The Morgan fingerprint density at radius 1 is 0.906 bits per heavy atom. The average Bonchev–Trinajstić information content (AvgIpc) is 3.29. The molecule has 0 unspecified atom stereocenters.